The molecule has 0 saturated heterocycles. The SMILES string of the molecule is O=C(NC1CC=CCC1)c1cc(Br)cnc1Cl. The summed E-state index contributed by atoms with van der Waals surface area (Å²) in [5, 5.41) is 3.20. The topological polar surface area (TPSA) is 42.0 Å². The molecule has 3 nitrogen and oxygen atoms in total. The van der Waals surface area contributed by atoms with Gasteiger partial charge in [0.05, 0.1) is 5.56 Å². The maximum Gasteiger partial charge on any atom is 0.254 e. The predicted octanol–water partition coefficient (Wildman–Crippen LogP) is 3.34. The number of carbonyl (C=O) groups is 1. The number of hydrogen-bond acceptors (Lipinski definition) is 2. The molecule has 90 valence electrons. The zero-order chi connectivity index (χ0) is 12.3. The summed E-state index contributed by atoms with van der Waals surface area (Å²) in [5.41, 5.74) is 0.413. The maximum absolute atomic E-state index is 12.0. The number of hydrogen-bond donors (Lipinski definition) is 1. The van der Waals surface area contributed by atoms with E-state index in [1.54, 1.807) is 12.3 Å². The van der Waals surface area contributed by atoms with E-state index in [9.17, 15) is 4.79 Å². The molecular weight excluding hydrogens is 304 g/mol. The fraction of sp³-hybridized carbons (Fsp3) is 0.333. The molecule has 1 aromatic rings. The molecule has 1 aliphatic rings. The Morgan fingerprint density at radius 2 is 2.35 bits per heavy atom. The number of allylic oxidation sites excluding steroid dienone is 1. The minimum atomic E-state index is -0.163. The van der Waals surface area contributed by atoms with Crippen LogP contribution in [-0.2, 0) is 0 Å². The first-order valence-corrected chi connectivity index (χ1v) is 6.61. The van der Waals surface area contributed by atoms with Crippen molar-refractivity contribution in [2.24, 2.45) is 0 Å². The van der Waals surface area contributed by atoms with Crippen LogP contribution < -0.4 is 5.32 Å². The maximum atomic E-state index is 12.0. The minimum absolute atomic E-state index is 0.163. The molecular formula is C12H12BrClN2O. The first kappa shape index (κ1) is 12.6. The van der Waals surface area contributed by atoms with Crippen molar-refractivity contribution in [3.8, 4) is 0 Å². The zero-order valence-electron chi connectivity index (χ0n) is 9.12. The lowest BCUT2D eigenvalue weighted by Gasteiger charge is -2.19. The van der Waals surface area contributed by atoms with E-state index in [0.29, 0.717) is 5.56 Å². The van der Waals surface area contributed by atoms with Crippen molar-refractivity contribution in [3.63, 3.8) is 0 Å². The van der Waals surface area contributed by atoms with Gasteiger partial charge in [0.2, 0.25) is 0 Å². The van der Waals surface area contributed by atoms with E-state index in [1.165, 1.54) is 0 Å². The summed E-state index contributed by atoms with van der Waals surface area (Å²) in [6, 6.07) is 1.88. The molecule has 0 aromatic carbocycles. The summed E-state index contributed by atoms with van der Waals surface area (Å²) < 4.78 is 0.746. The summed E-state index contributed by atoms with van der Waals surface area (Å²) >= 11 is 9.18. The van der Waals surface area contributed by atoms with Gasteiger partial charge in [0.25, 0.3) is 5.91 Å². The molecule has 1 atom stereocenters. The molecule has 0 aliphatic heterocycles. The van der Waals surface area contributed by atoms with E-state index in [-0.39, 0.29) is 17.1 Å². The van der Waals surface area contributed by atoms with Crippen LogP contribution in [0.3, 0.4) is 0 Å². The van der Waals surface area contributed by atoms with E-state index in [4.69, 9.17) is 11.6 Å². The van der Waals surface area contributed by atoms with Gasteiger partial charge in [0.1, 0.15) is 5.15 Å². The van der Waals surface area contributed by atoms with Crippen LogP contribution in [0.5, 0.6) is 0 Å². The number of rotatable bonds is 2. The Morgan fingerprint density at radius 1 is 1.53 bits per heavy atom. The summed E-state index contributed by atoms with van der Waals surface area (Å²) in [6.07, 6.45) is 8.66. The van der Waals surface area contributed by atoms with E-state index in [1.807, 2.05) is 0 Å². The highest BCUT2D eigenvalue weighted by Crippen LogP contribution is 2.19. The Bertz CT molecular complexity index is 462. The molecule has 0 bridgehead atoms. The molecule has 1 aliphatic carbocycles. The molecule has 1 amide bonds. The van der Waals surface area contributed by atoms with E-state index in [0.717, 1.165) is 23.7 Å². The molecule has 2 rings (SSSR count). The van der Waals surface area contributed by atoms with Crippen molar-refractivity contribution in [3.05, 3.63) is 39.6 Å². The van der Waals surface area contributed by atoms with Crippen molar-refractivity contribution in [2.75, 3.05) is 0 Å². The smallest absolute Gasteiger partial charge is 0.254 e. The van der Waals surface area contributed by atoms with Crippen molar-refractivity contribution in [1.29, 1.82) is 0 Å². The highest BCUT2D eigenvalue weighted by Gasteiger charge is 2.17. The number of pyridine rings is 1. The van der Waals surface area contributed by atoms with Crippen LogP contribution in [0.1, 0.15) is 29.6 Å². The van der Waals surface area contributed by atoms with E-state index in [2.05, 4.69) is 38.4 Å². The minimum Gasteiger partial charge on any atom is -0.349 e. The third-order valence-electron chi connectivity index (χ3n) is 2.65. The monoisotopic (exact) mass is 314 g/mol. The number of nitrogens with one attached hydrogen (secondary N) is 1. The van der Waals surface area contributed by atoms with Crippen molar-refractivity contribution < 1.29 is 4.79 Å². The van der Waals surface area contributed by atoms with Crippen LogP contribution >= 0.6 is 27.5 Å². The first-order chi connectivity index (χ1) is 8.16. The van der Waals surface area contributed by atoms with Crippen LogP contribution in [0.25, 0.3) is 0 Å². The van der Waals surface area contributed by atoms with Crippen LogP contribution in [0.4, 0.5) is 0 Å². The summed E-state index contributed by atoms with van der Waals surface area (Å²) in [5.74, 6) is -0.163. The van der Waals surface area contributed by atoms with Gasteiger partial charge >= 0.3 is 0 Å². The lowest BCUT2D eigenvalue weighted by molar-refractivity contribution is 0.0934. The predicted molar refractivity (Wildman–Crippen MR) is 71.2 cm³/mol. The van der Waals surface area contributed by atoms with Gasteiger partial charge in [0, 0.05) is 16.7 Å². The van der Waals surface area contributed by atoms with Crippen molar-refractivity contribution in [2.45, 2.75) is 25.3 Å². The lowest BCUT2D eigenvalue weighted by atomic mass is 10.0. The molecule has 1 N–H and O–H groups in total. The third-order valence-corrected chi connectivity index (χ3v) is 3.39. The van der Waals surface area contributed by atoms with Gasteiger partial charge in [-0.05, 0) is 41.3 Å². The second-order valence-electron chi connectivity index (χ2n) is 3.95. The van der Waals surface area contributed by atoms with Crippen LogP contribution in [-0.4, -0.2) is 16.9 Å². The highest BCUT2D eigenvalue weighted by atomic mass is 79.9. The number of carbonyl (C=O) groups excluding carboxylic acids is 1. The van der Waals surface area contributed by atoms with E-state index >= 15 is 0 Å². The molecule has 5 heteroatoms. The summed E-state index contributed by atoms with van der Waals surface area (Å²) in [4.78, 5) is 15.9. The normalized spacial score (nSPS) is 19.1. The van der Waals surface area contributed by atoms with Gasteiger partial charge in [-0.25, -0.2) is 4.98 Å². The molecule has 0 saturated carbocycles. The van der Waals surface area contributed by atoms with Crippen molar-refractivity contribution >= 4 is 33.4 Å². The number of aromatic nitrogens is 1. The van der Waals surface area contributed by atoms with Crippen LogP contribution in [0, 0.1) is 0 Å². The van der Waals surface area contributed by atoms with Crippen molar-refractivity contribution in [1.82, 2.24) is 10.3 Å². The molecule has 0 fully saturated rings. The molecule has 17 heavy (non-hydrogen) atoms. The van der Waals surface area contributed by atoms with E-state index < -0.39 is 0 Å². The Kier molecular flexibility index (Phi) is 4.18. The fourth-order valence-electron chi connectivity index (χ4n) is 1.77. The molecule has 0 spiro atoms. The first-order valence-electron chi connectivity index (χ1n) is 5.43. The average Bonchev–Trinajstić information content (AvgIpc) is 2.33. The second-order valence-corrected chi connectivity index (χ2v) is 5.22. The Morgan fingerprint density at radius 3 is 3.06 bits per heavy atom. The summed E-state index contributed by atoms with van der Waals surface area (Å²) in [6.45, 7) is 0. The van der Waals surface area contributed by atoms with Gasteiger partial charge in [0.15, 0.2) is 0 Å². The molecule has 0 radical (unpaired) electrons. The fourth-order valence-corrected chi connectivity index (χ4v) is 2.29. The van der Waals surface area contributed by atoms with Crippen LogP contribution in [0.2, 0.25) is 5.15 Å². The number of nitrogens with zero attached hydrogens (tertiary/aromatic N) is 1. The lowest BCUT2D eigenvalue weighted by Crippen LogP contribution is -2.35. The Hall–Kier alpha value is -0.870. The standard InChI is InChI=1S/C12H12BrClN2O/c13-8-6-10(11(14)15-7-8)12(17)16-9-4-2-1-3-5-9/h1-2,6-7,9H,3-5H2,(H,16,17). The zero-order valence-corrected chi connectivity index (χ0v) is 11.5. The summed E-state index contributed by atoms with van der Waals surface area (Å²) in [7, 11) is 0. The van der Waals surface area contributed by atoms with Gasteiger partial charge in [-0.1, -0.05) is 23.8 Å². The van der Waals surface area contributed by atoms with Gasteiger partial charge in [-0.3, -0.25) is 4.79 Å². The number of halogens is 2. The quantitative estimate of drug-likeness (QED) is 0.672. The highest BCUT2D eigenvalue weighted by molar-refractivity contribution is 9.10. The largest absolute Gasteiger partial charge is 0.349 e. The molecule has 1 unspecified atom stereocenters. The Labute approximate surface area is 113 Å². The van der Waals surface area contributed by atoms with Gasteiger partial charge in [-0.15, -0.1) is 0 Å². The van der Waals surface area contributed by atoms with Crippen LogP contribution in [0.15, 0.2) is 28.9 Å². The molecule has 1 aromatic heterocycles. The van der Waals surface area contributed by atoms with Gasteiger partial charge < -0.3 is 5.32 Å². The number of amides is 1. The van der Waals surface area contributed by atoms with Gasteiger partial charge in [-0.2, -0.15) is 0 Å². The molecule has 1 heterocycles. The average molecular weight is 316 g/mol. The Balaban J connectivity index is 2.08. The third kappa shape index (κ3) is 3.30. The second kappa shape index (κ2) is 5.65.